The molecule has 0 amide bonds. The van der Waals surface area contributed by atoms with Gasteiger partial charge in [0.25, 0.3) is 0 Å². The number of hydrogen-bond acceptors (Lipinski definition) is 2. The van der Waals surface area contributed by atoms with Crippen molar-refractivity contribution in [1.82, 2.24) is 5.48 Å². The van der Waals surface area contributed by atoms with Gasteiger partial charge in [-0.2, -0.15) is 0 Å². The Kier molecular flexibility index (Phi) is 3.76. The molecular formula is C9H15NO. The zero-order chi connectivity index (χ0) is 7.94. The van der Waals surface area contributed by atoms with Crippen LogP contribution in [0.2, 0.25) is 0 Å². The monoisotopic (exact) mass is 153 g/mol. The Hall–Kier alpha value is -0.760. The van der Waals surface area contributed by atoms with Gasteiger partial charge in [-0.25, -0.2) is 0 Å². The van der Waals surface area contributed by atoms with Crippen molar-refractivity contribution >= 4 is 0 Å². The summed E-state index contributed by atoms with van der Waals surface area (Å²) in [5.74, 6) is 0. The summed E-state index contributed by atoms with van der Waals surface area (Å²) in [6.07, 6.45) is 9.45. The highest BCUT2D eigenvalue weighted by Gasteiger charge is 1.96. The molecule has 0 aromatic rings. The van der Waals surface area contributed by atoms with E-state index in [9.17, 15) is 0 Å². The number of allylic oxidation sites excluding steroid dienone is 3. The molecule has 0 aliphatic heterocycles. The predicted octanol–water partition coefficient (Wildman–Crippen LogP) is 2.15. The Morgan fingerprint density at radius 3 is 3.18 bits per heavy atom. The molecule has 0 atom stereocenters. The van der Waals surface area contributed by atoms with Gasteiger partial charge in [-0.15, -0.1) is 0 Å². The average molecular weight is 153 g/mol. The van der Waals surface area contributed by atoms with Crippen molar-refractivity contribution in [1.29, 1.82) is 0 Å². The molecule has 0 heterocycles. The third kappa shape index (κ3) is 3.23. The quantitative estimate of drug-likeness (QED) is 0.482. The minimum Gasteiger partial charge on any atom is -0.276 e. The van der Waals surface area contributed by atoms with Gasteiger partial charge in [-0.3, -0.25) is 10.3 Å². The molecule has 1 aliphatic rings. The molecular weight excluding hydrogens is 138 g/mol. The third-order valence-electron chi connectivity index (χ3n) is 1.57. The summed E-state index contributed by atoms with van der Waals surface area (Å²) in [5.41, 5.74) is 4.07. The maximum atomic E-state index is 5.20. The van der Waals surface area contributed by atoms with Crippen molar-refractivity contribution < 1.29 is 4.84 Å². The summed E-state index contributed by atoms with van der Waals surface area (Å²) in [5, 5.41) is 0. The fourth-order valence-corrected chi connectivity index (χ4v) is 0.883. The second-order valence-corrected chi connectivity index (χ2v) is 2.63. The van der Waals surface area contributed by atoms with Crippen molar-refractivity contribution in [3.63, 3.8) is 0 Å². The van der Waals surface area contributed by atoms with Crippen LogP contribution < -0.4 is 5.48 Å². The van der Waals surface area contributed by atoms with Crippen molar-refractivity contribution in [2.75, 3.05) is 6.61 Å². The average Bonchev–Trinajstić information content (AvgIpc) is 2.50. The number of hydroxylamine groups is 1. The lowest BCUT2D eigenvalue weighted by molar-refractivity contribution is 0.0597. The normalized spacial score (nSPS) is 15.2. The molecule has 0 aromatic heterocycles. The lowest BCUT2D eigenvalue weighted by Crippen LogP contribution is -2.13. The third-order valence-corrected chi connectivity index (χ3v) is 1.57. The number of unbranched alkanes of at least 4 members (excludes halogenated alkanes) is 1. The summed E-state index contributed by atoms with van der Waals surface area (Å²) < 4.78 is 0. The van der Waals surface area contributed by atoms with Crippen LogP contribution in [0.1, 0.15) is 26.2 Å². The summed E-state index contributed by atoms with van der Waals surface area (Å²) in [6, 6.07) is 0. The van der Waals surface area contributed by atoms with Gasteiger partial charge in [0.2, 0.25) is 0 Å². The van der Waals surface area contributed by atoms with Crippen LogP contribution in [0.4, 0.5) is 0 Å². The molecule has 0 fully saturated rings. The Morgan fingerprint density at radius 1 is 1.64 bits per heavy atom. The van der Waals surface area contributed by atoms with Gasteiger partial charge in [-0.05, 0) is 12.5 Å². The van der Waals surface area contributed by atoms with E-state index < -0.39 is 0 Å². The van der Waals surface area contributed by atoms with Gasteiger partial charge in [-0.1, -0.05) is 25.5 Å². The smallest absolute Gasteiger partial charge is 0.0745 e. The summed E-state index contributed by atoms with van der Waals surface area (Å²) >= 11 is 0. The fraction of sp³-hybridized carbons (Fsp3) is 0.556. The van der Waals surface area contributed by atoms with E-state index in [2.05, 4.69) is 18.5 Å². The summed E-state index contributed by atoms with van der Waals surface area (Å²) in [4.78, 5) is 5.20. The topological polar surface area (TPSA) is 21.3 Å². The van der Waals surface area contributed by atoms with Crippen LogP contribution in [0.5, 0.6) is 0 Å². The molecule has 0 radical (unpaired) electrons. The second-order valence-electron chi connectivity index (χ2n) is 2.63. The zero-order valence-electron chi connectivity index (χ0n) is 6.97. The van der Waals surface area contributed by atoms with Gasteiger partial charge in [0.15, 0.2) is 0 Å². The first-order valence-electron chi connectivity index (χ1n) is 4.17. The molecule has 2 nitrogen and oxygen atoms in total. The molecule has 0 aromatic carbocycles. The lowest BCUT2D eigenvalue weighted by atomic mass is 10.4. The number of nitrogens with one attached hydrogen (secondary N) is 1. The largest absolute Gasteiger partial charge is 0.276 e. The van der Waals surface area contributed by atoms with Gasteiger partial charge >= 0.3 is 0 Å². The fourth-order valence-electron chi connectivity index (χ4n) is 0.883. The summed E-state index contributed by atoms with van der Waals surface area (Å²) in [7, 11) is 0. The van der Waals surface area contributed by atoms with Crippen molar-refractivity contribution in [2.45, 2.75) is 26.2 Å². The molecule has 62 valence electrons. The zero-order valence-corrected chi connectivity index (χ0v) is 6.97. The molecule has 0 saturated carbocycles. The Balaban J connectivity index is 1.95. The van der Waals surface area contributed by atoms with Crippen molar-refractivity contribution in [3.8, 4) is 0 Å². The van der Waals surface area contributed by atoms with E-state index in [1.807, 2.05) is 12.2 Å². The molecule has 1 N–H and O–H groups in total. The maximum Gasteiger partial charge on any atom is 0.0745 e. The first-order valence-corrected chi connectivity index (χ1v) is 4.17. The van der Waals surface area contributed by atoms with E-state index in [0.29, 0.717) is 0 Å². The predicted molar refractivity (Wildman–Crippen MR) is 45.8 cm³/mol. The summed E-state index contributed by atoms with van der Waals surface area (Å²) in [6.45, 7) is 2.95. The van der Waals surface area contributed by atoms with Gasteiger partial charge < -0.3 is 0 Å². The van der Waals surface area contributed by atoms with E-state index >= 15 is 0 Å². The highest BCUT2D eigenvalue weighted by Crippen LogP contribution is 2.05. The van der Waals surface area contributed by atoms with Crippen molar-refractivity contribution in [3.05, 3.63) is 23.9 Å². The van der Waals surface area contributed by atoms with Crippen LogP contribution in [0, 0.1) is 0 Å². The van der Waals surface area contributed by atoms with E-state index in [1.165, 1.54) is 6.42 Å². The highest BCUT2D eigenvalue weighted by molar-refractivity contribution is 5.20. The van der Waals surface area contributed by atoms with Crippen molar-refractivity contribution in [2.24, 2.45) is 0 Å². The van der Waals surface area contributed by atoms with Gasteiger partial charge in [0, 0.05) is 12.1 Å². The van der Waals surface area contributed by atoms with Crippen LogP contribution in [-0.2, 0) is 4.84 Å². The Labute approximate surface area is 67.9 Å². The molecule has 1 rings (SSSR count). The highest BCUT2D eigenvalue weighted by atomic mass is 16.6. The van der Waals surface area contributed by atoms with Crippen LogP contribution in [-0.4, -0.2) is 6.61 Å². The second kappa shape index (κ2) is 4.97. The standard InChI is InChI=1S/C9H15NO/c1-2-3-8-11-10-9-6-4-5-7-9/h4-6,10H,2-3,7-8H2,1H3. The van der Waals surface area contributed by atoms with Crippen LogP contribution in [0.3, 0.4) is 0 Å². The van der Waals surface area contributed by atoms with E-state index in [-0.39, 0.29) is 0 Å². The number of hydrogen-bond donors (Lipinski definition) is 1. The van der Waals surface area contributed by atoms with E-state index in [4.69, 9.17) is 4.84 Å². The molecule has 0 saturated heterocycles. The van der Waals surface area contributed by atoms with E-state index in [0.717, 1.165) is 25.1 Å². The molecule has 0 unspecified atom stereocenters. The molecule has 0 spiro atoms. The Morgan fingerprint density at radius 2 is 2.55 bits per heavy atom. The van der Waals surface area contributed by atoms with Crippen LogP contribution >= 0.6 is 0 Å². The molecule has 1 aliphatic carbocycles. The minimum absolute atomic E-state index is 0.799. The minimum atomic E-state index is 0.799. The Bertz CT molecular complexity index is 161. The number of rotatable bonds is 5. The molecule has 11 heavy (non-hydrogen) atoms. The van der Waals surface area contributed by atoms with Crippen LogP contribution in [0.15, 0.2) is 23.9 Å². The van der Waals surface area contributed by atoms with E-state index in [1.54, 1.807) is 0 Å². The SMILES string of the molecule is CCCCONC1=CC=CC1. The first-order chi connectivity index (χ1) is 5.43. The molecule has 2 heteroatoms. The van der Waals surface area contributed by atoms with Gasteiger partial charge in [0.1, 0.15) is 0 Å². The maximum absolute atomic E-state index is 5.20. The van der Waals surface area contributed by atoms with Gasteiger partial charge in [0.05, 0.1) is 6.61 Å². The van der Waals surface area contributed by atoms with Crippen LogP contribution in [0.25, 0.3) is 0 Å². The lowest BCUT2D eigenvalue weighted by Gasteiger charge is -2.05. The first kappa shape index (κ1) is 8.34. The molecule has 0 bridgehead atoms.